The van der Waals surface area contributed by atoms with Gasteiger partial charge in [-0.25, -0.2) is 4.79 Å². The van der Waals surface area contributed by atoms with Crippen molar-refractivity contribution in [3.8, 4) is 0 Å². The normalized spacial score (nSPS) is 40.3. The van der Waals surface area contributed by atoms with E-state index >= 15 is 0 Å². The first kappa shape index (κ1) is 21.7. The minimum Gasteiger partial charge on any atom is -0.462 e. The Kier molecular flexibility index (Phi) is 5.46. The van der Waals surface area contributed by atoms with E-state index in [0.717, 1.165) is 44.9 Å². The van der Waals surface area contributed by atoms with Gasteiger partial charge in [-0.3, -0.25) is 4.79 Å². The maximum absolute atomic E-state index is 12.8. The van der Waals surface area contributed by atoms with Gasteiger partial charge < -0.3 is 9.47 Å². The number of ether oxygens (including phenoxy) is 2. The zero-order valence-electron chi connectivity index (χ0n) is 19.6. The standard InChI is InChI=1S/C28H36O4/c1-18(29)31-21-13-15-27(2)20(17-21)9-10-22-23-11-12-25(28(23,3)16-14-24(22)27)32-26(30)19-7-5-4-6-8-19/h4-9,21-25H,10-17H2,1-3H3/t21?,22?,23?,24?,25?,27-,28-/m0/s1. The number of esters is 2. The van der Waals surface area contributed by atoms with Crippen molar-refractivity contribution >= 4 is 11.9 Å². The summed E-state index contributed by atoms with van der Waals surface area (Å²) < 4.78 is 11.7. The van der Waals surface area contributed by atoms with Gasteiger partial charge in [0, 0.05) is 18.8 Å². The molecule has 7 atom stereocenters. The molecule has 3 saturated carbocycles. The van der Waals surface area contributed by atoms with Gasteiger partial charge in [-0.05, 0) is 80.2 Å². The van der Waals surface area contributed by atoms with Crippen LogP contribution < -0.4 is 0 Å². The van der Waals surface area contributed by atoms with Gasteiger partial charge in [0.05, 0.1) is 5.56 Å². The Morgan fingerprint density at radius 2 is 1.72 bits per heavy atom. The Hall–Kier alpha value is -2.10. The highest BCUT2D eigenvalue weighted by Crippen LogP contribution is 2.65. The molecular formula is C28H36O4. The number of hydrogen-bond acceptors (Lipinski definition) is 4. The molecule has 32 heavy (non-hydrogen) atoms. The van der Waals surface area contributed by atoms with Crippen LogP contribution in [0.3, 0.4) is 0 Å². The van der Waals surface area contributed by atoms with Crippen LogP contribution in [0.25, 0.3) is 0 Å². The van der Waals surface area contributed by atoms with Crippen molar-refractivity contribution in [3.63, 3.8) is 0 Å². The molecule has 4 heteroatoms. The van der Waals surface area contributed by atoms with Gasteiger partial charge in [-0.1, -0.05) is 43.7 Å². The number of allylic oxidation sites excluding steroid dienone is 1. The molecule has 0 N–H and O–H groups in total. The van der Waals surface area contributed by atoms with E-state index in [0.29, 0.717) is 23.3 Å². The first-order valence-corrected chi connectivity index (χ1v) is 12.4. The fraction of sp³-hybridized carbons (Fsp3) is 0.643. The molecule has 3 fully saturated rings. The van der Waals surface area contributed by atoms with Crippen molar-refractivity contribution < 1.29 is 19.1 Å². The van der Waals surface area contributed by atoms with Gasteiger partial charge in [0.2, 0.25) is 0 Å². The largest absolute Gasteiger partial charge is 0.462 e. The summed E-state index contributed by atoms with van der Waals surface area (Å²) in [5.74, 6) is 1.61. The minimum atomic E-state index is -0.179. The molecule has 0 radical (unpaired) electrons. The van der Waals surface area contributed by atoms with Crippen LogP contribution in [0.15, 0.2) is 42.0 Å². The van der Waals surface area contributed by atoms with Crippen molar-refractivity contribution in [2.75, 3.05) is 0 Å². The SMILES string of the molecule is CC(=O)OC1CC[C@@]2(C)C(=CCC3C4CCC(OC(=O)c5ccccc5)[C@@]4(C)CCC32)C1. The molecule has 1 aromatic rings. The summed E-state index contributed by atoms with van der Waals surface area (Å²) in [6.45, 7) is 6.36. The maximum Gasteiger partial charge on any atom is 0.338 e. The number of hydrogen-bond donors (Lipinski definition) is 0. The lowest BCUT2D eigenvalue weighted by Gasteiger charge is -2.57. The third-order valence-electron chi connectivity index (χ3n) is 9.56. The molecule has 172 valence electrons. The molecular weight excluding hydrogens is 400 g/mol. The Balaban J connectivity index is 1.33. The highest BCUT2D eigenvalue weighted by molar-refractivity contribution is 5.89. The second-order valence-electron chi connectivity index (χ2n) is 11.1. The van der Waals surface area contributed by atoms with Gasteiger partial charge in [0.15, 0.2) is 0 Å². The first-order chi connectivity index (χ1) is 15.3. The molecule has 4 aliphatic rings. The molecule has 5 unspecified atom stereocenters. The first-order valence-electron chi connectivity index (χ1n) is 12.4. The van der Waals surface area contributed by atoms with Crippen LogP contribution in [-0.4, -0.2) is 24.1 Å². The van der Waals surface area contributed by atoms with Crippen LogP contribution in [-0.2, 0) is 14.3 Å². The molecule has 4 nitrogen and oxygen atoms in total. The molecule has 0 bridgehead atoms. The third-order valence-corrected chi connectivity index (χ3v) is 9.56. The molecule has 0 spiro atoms. The van der Waals surface area contributed by atoms with E-state index < -0.39 is 0 Å². The van der Waals surface area contributed by atoms with Crippen LogP contribution in [0.4, 0.5) is 0 Å². The van der Waals surface area contributed by atoms with E-state index in [1.165, 1.54) is 18.9 Å². The fourth-order valence-electron chi connectivity index (χ4n) is 7.88. The Labute approximate surface area is 191 Å². The summed E-state index contributed by atoms with van der Waals surface area (Å²) in [6, 6.07) is 9.40. The summed E-state index contributed by atoms with van der Waals surface area (Å²) in [5, 5.41) is 0. The third kappa shape index (κ3) is 3.50. The molecule has 4 aliphatic carbocycles. The van der Waals surface area contributed by atoms with Gasteiger partial charge >= 0.3 is 11.9 Å². The molecule has 0 aromatic heterocycles. The summed E-state index contributed by atoms with van der Waals surface area (Å²) in [6.07, 6.45) is 11.1. The van der Waals surface area contributed by atoms with E-state index in [1.54, 1.807) is 0 Å². The zero-order chi connectivity index (χ0) is 22.5. The van der Waals surface area contributed by atoms with Crippen molar-refractivity contribution in [2.45, 2.75) is 84.3 Å². The summed E-state index contributed by atoms with van der Waals surface area (Å²) in [4.78, 5) is 24.2. The predicted octanol–water partition coefficient (Wildman–Crippen LogP) is 6.11. The Morgan fingerprint density at radius 3 is 2.47 bits per heavy atom. The van der Waals surface area contributed by atoms with E-state index in [4.69, 9.17) is 9.47 Å². The predicted molar refractivity (Wildman–Crippen MR) is 123 cm³/mol. The Morgan fingerprint density at radius 1 is 0.938 bits per heavy atom. The fourth-order valence-corrected chi connectivity index (χ4v) is 7.88. The topological polar surface area (TPSA) is 52.6 Å². The van der Waals surface area contributed by atoms with E-state index in [9.17, 15) is 9.59 Å². The number of rotatable bonds is 3. The summed E-state index contributed by atoms with van der Waals surface area (Å²) >= 11 is 0. The second-order valence-corrected chi connectivity index (χ2v) is 11.1. The van der Waals surface area contributed by atoms with E-state index in [1.807, 2.05) is 30.3 Å². The second kappa shape index (κ2) is 8.04. The van der Waals surface area contributed by atoms with Crippen LogP contribution in [0, 0.1) is 28.6 Å². The highest BCUT2D eigenvalue weighted by Gasteiger charge is 2.59. The van der Waals surface area contributed by atoms with E-state index in [-0.39, 0.29) is 35.0 Å². The zero-order valence-corrected chi connectivity index (χ0v) is 19.6. The summed E-state index contributed by atoms with van der Waals surface area (Å²) in [5.41, 5.74) is 2.46. The molecule has 5 rings (SSSR count). The molecule has 0 amide bonds. The van der Waals surface area contributed by atoms with Gasteiger partial charge in [-0.15, -0.1) is 0 Å². The monoisotopic (exact) mass is 436 g/mol. The Bertz CT molecular complexity index is 921. The van der Waals surface area contributed by atoms with Crippen LogP contribution in [0.1, 0.15) is 82.5 Å². The smallest absolute Gasteiger partial charge is 0.338 e. The molecule has 0 heterocycles. The summed E-state index contributed by atoms with van der Waals surface area (Å²) in [7, 11) is 0. The highest BCUT2D eigenvalue weighted by atomic mass is 16.5. The lowest BCUT2D eigenvalue weighted by Crippen LogP contribution is -2.51. The van der Waals surface area contributed by atoms with Crippen molar-refractivity contribution in [1.29, 1.82) is 0 Å². The van der Waals surface area contributed by atoms with Gasteiger partial charge in [0.1, 0.15) is 12.2 Å². The van der Waals surface area contributed by atoms with Gasteiger partial charge in [-0.2, -0.15) is 0 Å². The van der Waals surface area contributed by atoms with Crippen LogP contribution >= 0.6 is 0 Å². The maximum atomic E-state index is 12.8. The molecule has 1 aromatic carbocycles. The van der Waals surface area contributed by atoms with Crippen molar-refractivity contribution in [2.24, 2.45) is 28.6 Å². The van der Waals surface area contributed by atoms with Gasteiger partial charge in [0.25, 0.3) is 0 Å². The lowest BCUT2D eigenvalue weighted by atomic mass is 9.48. The van der Waals surface area contributed by atoms with E-state index in [2.05, 4.69) is 19.9 Å². The quantitative estimate of drug-likeness (QED) is 0.424. The number of fused-ring (bicyclic) bond motifs is 5. The average molecular weight is 437 g/mol. The molecule has 0 aliphatic heterocycles. The number of benzene rings is 1. The van der Waals surface area contributed by atoms with Crippen LogP contribution in [0.2, 0.25) is 0 Å². The number of carbonyl (C=O) groups is 2. The van der Waals surface area contributed by atoms with Crippen LogP contribution in [0.5, 0.6) is 0 Å². The minimum absolute atomic E-state index is 0.0130. The molecule has 0 saturated heterocycles. The average Bonchev–Trinajstić information content (AvgIpc) is 3.10. The van der Waals surface area contributed by atoms with Crippen molar-refractivity contribution in [3.05, 3.63) is 47.5 Å². The van der Waals surface area contributed by atoms with Crippen molar-refractivity contribution in [1.82, 2.24) is 0 Å². The number of carbonyl (C=O) groups excluding carboxylic acids is 2. The lowest BCUT2D eigenvalue weighted by molar-refractivity contribution is -0.148.